The van der Waals surface area contributed by atoms with Crippen molar-refractivity contribution in [3.8, 4) is 0 Å². The van der Waals surface area contributed by atoms with Gasteiger partial charge < -0.3 is 4.74 Å². The van der Waals surface area contributed by atoms with Crippen LogP contribution in [0.2, 0.25) is 0 Å². The van der Waals surface area contributed by atoms with E-state index in [0.29, 0.717) is 17.8 Å². The van der Waals surface area contributed by atoms with Gasteiger partial charge in [-0.1, -0.05) is 25.5 Å². The van der Waals surface area contributed by atoms with E-state index in [-0.39, 0.29) is 5.60 Å². The molecule has 1 heteroatoms. The monoisotopic (exact) mass is 192 g/mol. The number of hydrogen-bond acceptors (Lipinski definition) is 1. The molecule has 0 aromatic heterocycles. The molecule has 0 saturated carbocycles. The number of rotatable bonds is 0. The fraction of sp³-hybridized carbons (Fsp3) is 0.692. The predicted octanol–water partition coefficient (Wildman–Crippen LogP) is 3.53. The largest absolute Gasteiger partial charge is 0.492 e. The van der Waals surface area contributed by atoms with Gasteiger partial charge in [0.05, 0.1) is 0 Å². The average Bonchev–Trinajstić information content (AvgIpc) is 2.21. The van der Waals surface area contributed by atoms with Gasteiger partial charge in [0.25, 0.3) is 0 Å². The van der Waals surface area contributed by atoms with Crippen LogP contribution in [0.5, 0.6) is 0 Å². The minimum absolute atomic E-state index is 0.00319. The van der Waals surface area contributed by atoms with Crippen LogP contribution in [0, 0.1) is 17.8 Å². The molecule has 3 atom stereocenters. The van der Waals surface area contributed by atoms with Crippen LogP contribution in [0.1, 0.15) is 34.6 Å². The Kier molecular flexibility index (Phi) is 2.02. The van der Waals surface area contributed by atoms with E-state index in [9.17, 15) is 0 Å². The molecule has 1 nitrogen and oxygen atoms in total. The second kappa shape index (κ2) is 2.88. The fourth-order valence-electron chi connectivity index (χ4n) is 2.77. The van der Waals surface area contributed by atoms with Crippen molar-refractivity contribution in [2.24, 2.45) is 17.8 Å². The lowest BCUT2D eigenvalue weighted by Crippen LogP contribution is -2.29. The van der Waals surface area contributed by atoms with Gasteiger partial charge in [0.2, 0.25) is 0 Å². The lowest BCUT2D eigenvalue weighted by Gasteiger charge is -2.26. The molecular weight excluding hydrogens is 172 g/mol. The maximum Gasteiger partial charge on any atom is 0.106 e. The van der Waals surface area contributed by atoms with E-state index in [1.807, 2.05) is 0 Å². The molecule has 0 spiro atoms. The van der Waals surface area contributed by atoms with Crippen LogP contribution in [0.25, 0.3) is 0 Å². The van der Waals surface area contributed by atoms with Crippen molar-refractivity contribution >= 4 is 0 Å². The molecule has 0 aromatic carbocycles. The smallest absolute Gasteiger partial charge is 0.106 e. The lowest BCUT2D eigenvalue weighted by molar-refractivity contribution is 0.0468. The SMILES string of the molecule is CC1=CC(C)C2C(=C1)OC(C)(C)C2C. The molecule has 0 bridgehead atoms. The highest BCUT2D eigenvalue weighted by atomic mass is 16.5. The minimum Gasteiger partial charge on any atom is -0.492 e. The maximum absolute atomic E-state index is 6.03. The first kappa shape index (κ1) is 9.82. The van der Waals surface area contributed by atoms with Crippen molar-refractivity contribution < 1.29 is 4.74 Å². The zero-order valence-electron chi connectivity index (χ0n) is 9.79. The first-order valence-corrected chi connectivity index (χ1v) is 5.51. The Labute approximate surface area is 86.8 Å². The Bertz CT molecular complexity index is 309. The van der Waals surface area contributed by atoms with Crippen LogP contribution < -0.4 is 0 Å². The van der Waals surface area contributed by atoms with Crippen LogP contribution in [0.3, 0.4) is 0 Å². The molecule has 1 aliphatic carbocycles. The maximum atomic E-state index is 6.03. The Morgan fingerprint density at radius 1 is 1.29 bits per heavy atom. The summed E-state index contributed by atoms with van der Waals surface area (Å²) in [5.41, 5.74) is 1.34. The summed E-state index contributed by atoms with van der Waals surface area (Å²) in [7, 11) is 0. The predicted molar refractivity (Wildman–Crippen MR) is 58.8 cm³/mol. The summed E-state index contributed by atoms with van der Waals surface area (Å²) in [4.78, 5) is 0. The highest BCUT2D eigenvalue weighted by molar-refractivity contribution is 5.30. The van der Waals surface area contributed by atoms with Gasteiger partial charge in [-0.15, -0.1) is 0 Å². The molecule has 2 aliphatic rings. The first-order chi connectivity index (χ1) is 6.42. The quantitative estimate of drug-likeness (QED) is 0.570. The average molecular weight is 192 g/mol. The van der Waals surface area contributed by atoms with Crippen molar-refractivity contribution in [1.29, 1.82) is 0 Å². The second-order valence-electron chi connectivity index (χ2n) is 5.34. The van der Waals surface area contributed by atoms with E-state index >= 15 is 0 Å². The molecule has 2 rings (SSSR count). The minimum atomic E-state index is 0.00319. The Hall–Kier alpha value is -0.720. The van der Waals surface area contributed by atoms with Crippen LogP contribution in [0.15, 0.2) is 23.5 Å². The third-order valence-electron chi connectivity index (χ3n) is 3.81. The van der Waals surface area contributed by atoms with Crippen LogP contribution >= 0.6 is 0 Å². The molecule has 0 radical (unpaired) electrons. The van der Waals surface area contributed by atoms with Gasteiger partial charge in [0, 0.05) is 11.8 Å². The zero-order chi connectivity index (χ0) is 10.5. The number of allylic oxidation sites excluding steroid dienone is 4. The molecule has 1 fully saturated rings. The molecular formula is C13H20O. The normalized spacial score (nSPS) is 39.6. The Morgan fingerprint density at radius 2 is 1.93 bits per heavy atom. The van der Waals surface area contributed by atoms with E-state index in [0.717, 1.165) is 0 Å². The zero-order valence-corrected chi connectivity index (χ0v) is 9.79. The molecule has 1 heterocycles. The topological polar surface area (TPSA) is 9.23 Å². The first-order valence-electron chi connectivity index (χ1n) is 5.51. The van der Waals surface area contributed by atoms with Crippen LogP contribution in [-0.4, -0.2) is 5.60 Å². The lowest BCUT2D eigenvalue weighted by atomic mass is 9.75. The van der Waals surface area contributed by atoms with Gasteiger partial charge in [-0.2, -0.15) is 0 Å². The molecule has 0 N–H and O–H groups in total. The molecule has 0 amide bonds. The third-order valence-corrected chi connectivity index (χ3v) is 3.81. The van der Waals surface area contributed by atoms with E-state index < -0.39 is 0 Å². The molecule has 78 valence electrons. The summed E-state index contributed by atoms with van der Waals surface area (Å²) in [6.07, 6.45) is 4.56. The number of ether oxygens (including phenoxy) is 1. The van der Waals surface area contributed by atoms with Gasteiger partial charge in [-0.25, -0.2) is 0 Å². The van der Waals surface area contributed by atoms with E-state index in [4.69, 9.17) is 4.74 Å². The number of fused-ring (bicyclic) bond motifs is 1. The van der Waals surface area contributed by atoms with Gasteiger partial charge in [-0.05, 0) is 32.8 Å². The Balaban J connectivity index is 2.36. The van der Waals surface area contributed by atoms with Crippen LogP contribution in [0.4, 0.5) is 0 Å². The van der Waals surface area contributed by atoms with Crippen molar-refractivity contribution in [2.45, 2.75) is 40.2 Å². The summed E-state index contributed by atoms with van der Waals surface area (Å²) in [5, 5.41) is 0. The highest BCUT2D eigenvalue weighted by Crippen LogP contribution is 2.48. The molecule has 14 heavy (non-hydrogen) atoms. The van der Waals surface area contributed by atoms with E-state index in [1.54, 1.807) is 0 Å². The van der Waals surface area contributed by atoms with Crippen molar-refractivity contribution in [3.63, 3.8) is 0 Å². The standard InChI is InChI=1S/C13H20O/c1-8-6-9(2)12-10(3)13(4,5)14-11(12)7-8/h6-7,9-10,12H,1-5H3. The summed E-state index contributed by atoms with van der Waals surface area (Å²) in [6.45, 7) is 11.1. The highest BCUT2D eigenvalue weighted by Gasteiger charge is 2.46. The summed E-state index contributed by atoms with van der Waals surface area (Å²) in [5.74, 6) is 3.02. The van der Waals surface area contributed by atoms with Gasteiger partial charge in [0.15, 0.2) is 0 Å². The summed E-state index contributed by atoms with van der Waals surface area (Å²) < 4.78 is 6.03. The number of hydrogen-bond donors (Lipinski definition) is 0. The fourth-order valence-corrected chi connectivity index (χ4v) is 2.77. The van der Waals surface area contributed by atoms with Crippen molar-refractivity contribution in [1.82, 2.24) is 0 Å². The molecule has 1 saturated heterocycles. The van der Waals surface area contributed by atoms with Crippen LogP contribution in [-0.2, 0) is 4.74 Å². The summed E-state index contributed by atoms with van der Waals surface area (Å²) in [6, 6.07) is 0. The third kappa shape index (κ3) is 1.30. The molecule has 0 aromatic rings. The van der Waals surface area contributed by atoms with Gasteiger partial charge >= 0.3 is 0 Å². The Morgan fingerprint density at radius 3 is 2.57 bits per heavy atom. The van der Waals surface area contributed by atoms with E-state index in [2.05, 4.69) is 46.8 Å². The van der Waals surface area contributed by atoms with Gasteiger partial charge in [0.1, 0.15) is 11.4 Å². The van der Waals surface area contributed by atoms with Crippen molar-refractivity contribution in [2.75, 3.05) is 0 Å². The van der Waals surface area contributed by atoms with Crippen molar-refractivity contribution in [3.05, 3.63) is 23.5 Å². The van der Waals surface area contributed by atoms with E-state index in [1.165, 1.54) is 11.3 Å². The second-order valence-corrected chi connectivity index (χ2v) is 5.34. The summed E-state index contributed by atoms with van der Waals surface area (Å²) >= 11 is 0. The van der Waals surface area contributed by atoms with Gasteiger partial charge in [-0.3, -0.25) is 0 Å². The molecule has 3 unspecified atom stereocenters. The molecule has 1 aliphatic heterocycles.